The van der Waals surface area contributed by atoms with E-state index in [-0.39, 0.29) is 0 Å². The van der Waals surface area contributed by atoms with Crippen LogP contribution in [-0.4, -0.2) is 43.8 Å². The molecule has 2 nitrogen and oxygen atoms in total. The fraction of sp³-hybridized carbons (Fsp3) is 1.00. The van der Waals surface area contributed by atoms with Crippen LogP contribution in [0.15, 0.2) is 0 Å². The predicted octanol–water partition coefficient (Wildman–Crippen LogP) is 4.84. The van der Waals surface area contributed by atoms with Crippen molar-refractivity contribution in [1.29, 1.82) is 0 Å². The standard InChI is InChI=1S/C22H43N2/c1-21(2,3)24(4,5)10-8-6-7-9-23-17-22-14-18-11-19(15-22)13-20(12-18)16-22/h18-20,23H,6-17H2,1-5H3/q+1. The van der Waals surface area contributed by atoms with Gasteiger partial charge in [0.25, 0.3) is 0 Å². The van der Waals surface area contributed by atoms with Gasteiger partial charge in [0.2, 0.25) is 0 Å². The number of quaternary nitrogens is 1. The summed E-state index contributed by atoms with van der Waals surface area (Å²) < 4.78 is 1.13. The second-order valence-electron chi connectivity index (χ2n) is 11.2. The number of hydrogen-bond donors (Lipinski definition) is 1. The summed E-state index contributed by atoms with van der Waals surface area (Å²) in [6.45, 7) is 10.9. The van der Waals surface area contributed by atoms with E-state index in [1.807, 2.05) is 0 Å². The lowest BCUT2D eigenvalue weighted by Crippen LogP contribution is -2.54. The number of unbranched alkanes of at least 4 members (excludes halogenated alkanes) is 2. The minimum absolute atomic E-state index is 0.358. The Hall–Kier alpha value is -0.0800. The number of nitrogens with zero attached hydrogens (tertiary/aromatic N) is 1. The SMILES string of the molecule is CC(C)(C)[N+](C)(C)CCCCCNCC12CC3CC(CC(C3)C1)C2. The van der Waals surface area contributed by atoms with Gasteiger partial charge in [0.15, 0.2) is 0 Å². The molecule has 0 aromatic rings. The maximum atomic E-state index is 3.87. The summed E-state index contributed by atoms with van der Waals surface area (Å²) in [6.07, 6.45) is 13.4. The molecule has 4 aliphatic carbocycles. The van der Waals surface area contributed by atoms with E-state index < -0.39 is 0 Å². The molecule has 0 heterocycles. The molecule has 0 atom stereocenters. The van der Waals surface area contributed by atoms with Crippen molar-refractivity contribution in [2.24, 2.45) is 23.2 Å². The Morgan fingerprint density at radius 1 is 0.875 bits per heavy atom. The van der Waals surface area contributed by atoms with Gasteiger partial charge in [0, 0.05) is 6.54 Å². The monoisotopic (exact) mass is 335 g/mol. The fourth-order valence-corrected chi connectivity index (χ4v) is 6.13. The summed E-state index contributed by atoms with van der Waals surface area (Å²) >= 11 is 0. The highest BCUT2D eigenvalue weighted by molar-refractivity contribution is 5.02. The molecule has 0 amide bonds. The zero-order valence-corrected chi connectivity index (χ0v) is 17.2. The molecule has 0 spiro atoms. The minimum atomic E-state index is 0.358. The van der Waals surface area contributed by atoms with E-state index in [1.54, 1.807) is 38.5 Å². The Labute approximate surface area is 151 Å². The molecule has 4 fully saturated rings. The van der Waals surface area contributed by atoms with E-state index in [4.69, 9.17) is 0 Å². The molecule has 0 radical (unpaired) electrons. The highest BCUT2D eigenvalue weighted by Gasteiger charge is 2.50. The first-order valence-corrected chi connectivity index (χ1v) is 10.7. The summed E-state index contributed by atoms with van der Waals surface area (Å²) in [5.74, 6) is 3.28. The van der Waals surface area contributed by atoms with Crippen LogP contribution >= 0.6 is 0 Å². The lowest BCUT2D eigenvalue weighted by molar-refractivity contribution is -0.935. The molecule has 24 heavy (non-hydrogen) atoms. The quantitative estimate of drug-likeness (QED) is 0.494. The molecular formula is C22H43N2+. The Kier molecular flexibility index (Phi) is 5.39. The molecule has 0 aromatic carbocycles. The van der Waals surface area contributed by atoms with Crippen LogP contribution in [0.1, 0.15) is 78.6 Å². The second kappa shape index (κ2) is 6.91. The molecular weight excluding hydrogens is 292 g/mol. The Bertz CT molecular complexity index is 383. The lowest BCUT2D eigenvalue weighted by Gasteiger charge is -2.57. The Morgan fingerprint density at radius 3 is 1.92 bits per heavy atom. The summed E-state index contributed by atoms with van der Waals surface area (Å²) in [7, 11) is 4.76. The molecule has 1 N–H and O–H groups in total. The van der Waals surface area contributed by atoms with E-state index in [0.717, 1.165) is 22.2 Å². The summed E-state index contributed by atoms with van der Waals surface area (Å²) in [5, 5.41) is 3.87. The van der Waals surface area contributed by atoms with Gasteiger partial charge in [-0.3, -0.25) is 0 Å². The van der Waals surface area contributed by atoms with Crippen molar-refractivity contribution in [2.45, 2.75) is 84.1 Å². The van der Waals surface area contributed by atoms with Crippen molar-refractivity contribution in [1.82, 2.24) is 5.32 Å². The Morgan fingerprint density at radius 2 is 1.42 bits per heavy atom. The van der Waals surface area contributed by atoms with Gasteiger partial charge in [0.05, 0.1) is 26.2 Å². The third-order valence-corrected chi connectivity index (χ3v) is 8.05. The molecule has 2 heteroatoms. The van der Waals surface area contributed by atoms with E-state index in [2.05, 4.69) is 40.2 Å². The van der Waals surface area contributed by atoms with Crippen molar-refractivity contribution < 1.29 is 4.48 Å². The molecule has 0 aromatic heterocycles. The van der Waals surface area contributed by atoms with Crippen LogP contribution in [0.3, 0.4) is 0 Å². The molecule has 0 saturated heterocycles. The molecule has 4 saturated carbocycles. The minimum Gasteiger partial charge on any atom is -0.324 e. The predicted molar refractivity (Wildman–Crippen MR) is 104 cm³/mol. The first-order chi connectivity index (χ1) is 11.2. The van der Waals surface area contributed by atoms with Gasteiger partial charge >= 0.3 is 0 Å². The van der Waals surface area contributed by atoms with Crippen LogP contribution in [0.4, 0.5) is 0 Å². The fourth-order valence-electron chi connectivity index (χ4n) is 6.13. The maximum absolute atomic E-state index is 3.87. The van der Waals surface area contributed by atoms with Gasteiger partial charge in [-0.2, -0.15) is 0 Å². The van der Waals surface area contributed by atoms with Crippen LogP contribution in [-0.2, 0) is 0 Å². The normalized spacial score (nSPS) is 35.6. The molecule has 4 rings (SSSR count). The number of rotatable bonds is 8. The first-order valence-electron chi connectivity index (χ1n) is 10.7. The molecule has 4 bridgehead atoms. The average Bonchev–Trinajstić information content (AvgIpc) is 2.43. The zero-order valence-electron chi connectivity index (χ0n) is 17.2. The van der Waals surface area contributed by atoms with Gasteiger partial charge in [-0.1, -0.05) is 0 Å². The van der Waals surface area contributed by atoms with Gasteiger partial charge in [0.1, 0.15) is 0 Å². The highest BCUT2D eigenvalue weighted by Crippen LogP contribution is 2.59. The van der Waals surface area contributed by atoms with Crippen LogP contribution in [0.5, 0.6) is 0 Å². The van der Waals surface area contributed by atoms with Gasteiger partial charge in [-0.25, -0.2) is 0 Å². The number of nitrogens with one attached hydrogen (secondary N) is 1. The summed E-state index contributed by atoms with van der Waals surface area (Å²) in [6, 6.07) is 0. The van der Waals surface area contributed by atoms with E-state index in [9.17, 15) is 0 Å². The van der Waals surface area contributed by atoms with E-state index >= 15 is 0 Å². The van der Waals surface area contributed by atoms with Crippen molar-refractivity contribution in [3.05, 3.63) is 0 Å². The van der Waals surface area contributed by atoms with E-state index in [0.29, 0.717) is 11.0 Å². The molecule has 0 unspecified atom stereocenters. The molecule has 0 aliphatic heterocycles. The van der Waals surface area contributed by atoms with Gasteiger partial charge in [-0.15, -0.1) is 0 Å². The van der Waals surface area contributed by atoms with Crippen LogP contribution in [0, 0.1) is 23.2 Å². The third-order valence-electron chi connectivity index (χ3n) is 8.05. The zero-order chi connectivity index (χ0) is 17.4. The largest absolute Gasteiger partial charge is 0.324 e. The highest BCUT2D eigenvalue weighted by atomic mass is 15.4. The van der Waals surface area contributed by atoms with Gasteiger partial charge in [-0.05, 0) is 108 Å². The smallest absolute Gasteiger partial charge is 0.0903 e. The number of hydrogen-bond acceptors (Lipinski definition) is 1. The van der Waals surface area contributed by atoms with Crippen LogP contribution in [0.2, 0.25) is 0 Å². The lowest BCUT2D eigenvalue weighted by atomic mass is 9.49. The second-order valence-corrected chi connectivity index (χ2v) is 11.2. The van der Waals surface area contributed by atoms with Crippen molar-refractivity contribution in [3.8, 4) is 0 Å². The van der Waals surface area contributed by atoms with Crippen molar-refractivity contribution in [2.75, 3.05) is 33.7 Å². The topological polar surface area (TPSA) is 12.0 Å². The summed E-state index contributed by atoms with van der Waals surface area (Å²) in [4.78, 5) is 0. The maximum Gasteiger partial charge on any atom is 0.0903 e. The van der Waals surface area contributed by atoms with Crippen LogP contribution in [0.25, 0.3) is 0 Å². The molecule has 4 aliphatic rings. The third kappa shape index (κ3) is 4.18. The van der Waals surface area contributed by atoms with Gasteiger partial charge < -0.3 is 9.80 Å². The Balaban J connectivity index is 1.30. The average molecular weight is 336 g/mol. The van der Waals surface area contributed by atoms with Crippen LogP contribution < -0.4 is 5.32 Å². The molecule has 140 valence electrons. The van der Waals surface area contributed by atoms with Crippen molar-refractivity contribution in [3.63, 3.8) is 0 Å². The van der Waals surface area contributed by atoms with Crippen molar-refractivity contribution >= 4 is 0 Å². The summed E-state index contributed by atoms with van der Waals surface area (Å²) in [5.41, 5.74) is 1.07. The first kappa shape index (κ1) is 18.7. The van der Waals surface area contributed by atoms with E-state index in [1.165, 1.54) is 38.9 Å².